The summed E-state index contributed by atoms with van der Waals surface area (Å²) in [4.78, 5) is 15.3. The van der Waals surface area contributed by atoms with Crippen molar-refractivity contribution in [1.29, 1.82) is 0 Å². The first kappa shape index (κ1) is 29.1. The van der Waals surface area contributed by atoms with Gasteiger partial charge in [-0.2, -0.15) is 0 Å². The van der Waals surface area contributed by atoms with Crippen LogP contribution in [0.1, 0.15) is 0 Å². The summed E-state index contributed by atoms with van der Waals surface area (Å²) in [6.45, 7) is 0. The normalized spacial score (nSPS) is 11.8. The van der Waals surface area contributed by atoms with E-state index in [1.54, 1.807) is 0 Å². The molecule has 242 valence electrons. The third-order valence-corrected chi connectivity index (χ3v) is 11.4. The Morgan fingerprint density at radius 2 is 0.981 bits per heavy atom. The molecule has 0 fully saturated rings. The van der Waals surface area contributed by atoms with Gasteiger partial charge in [0.1, 0.15) is 0 Å². The highest BCUT2D eigenvalue weighted by atomic mass is 32.1. The molecule has 0 bridgehead atoms. The van der Waals surface area contributed by atoms with Gasteiger partial charge in [-0.25, -0.2) is 15.0 Å². The van der Waals surface area contributed by atoms with Crippen molar-refractivity contribution in [3.8, 4) is 39.9 Å². The molecule has 0 amide bonds. The predicted octanol–water partition coefficient (Wildman–Crippen LogP) is 12.6. The van der Waals surface area contributed by atoms with Gasteiger partial charge in [0.15, 0.2) is 17.5 Å². The van der Waals surface area contributed by atoms with Crippen LogP contribution in [0.4, 0.5) is 0 Å². The number of hydrogen-bond donors (Lipinski definition) is 0. The van der Waals surface area contributed by atoms with Crippen molar-refractivity contribution in [1.82, 2.24) is 19.5 Å². The molecule has 0 aliphatic carbocycles. The minimum atomic E-state index is 0.655. The first-order chi connectivity index (χ1) is 25.8. The Morgan fingerprint density at radius 3 is 1.73 bits per heavy atom. The SMILES string of the molecule is c1ccc(-c2nc(-c3ccccc3)nc(-c3cc4c5ccccc5sc4c4cc(-n5c6ccccc6c6cc7ccccc7cc65)ccc34)n2)cc1. The highest BCUT2D eigenvalue weighted by molar-refractivity contribution is 7.26. The van der Waals surface area contributed by atoms with Crippen molar-refractivity contribution in [3.05, 3.63) is 170 Å². The maximum atomic E-state index is 5.18. The first-order valence-corrected chi connectivity index (χ1v) is 18.3. The lowest BCUT2D eigenvalue weighted by Gasteiger charge is -2.14. The Morgan fingerprint density at radius 1 is 0.385 bits per heavy atom. The molecule has 0 unspecified atom stereocenters. The molecule has 0 spiro atoms. The van der Waals surface area contributed by atoms with Crippen molar-refractivity contribution in [2.45, 2.75) is 0 Å². The molecule has 8 aromatic carbocycles. The number of aromatic nitrogens is 4. The molecule has 0 N–H and O–H groups in total. The number of benzene rings is 8. The average Bonchev–Trinajstić information content (AvgIpc) is 3.75. The van der Waals surface area contributed by atoms with Crippen LogP contribution in [0.25, 0.3) is 103 Å². The summed E-state index contributed by atoms with van der Waals surface area (Å²) < 4.78 is 4.94. The molecule has 11 aromatic rings. The van der Waals surface area contributed by atoms with Crippen LogP contribution in [0, 0.1) is 0 Å². The highest BCUT2D eigenvalue weighted by Gasteiger charge is 2.20. The maximum absolute atomic E-state index is 5.18. The van der Waals surface area contributed by atoms with Gasteiger partial charge < -0.3 is 4.57 Å². The Kier molecular flexibility index (Phi) is 6.39. The third kappa shape index (κ3) is 4.50. The van der Waals surface area contributed by atoms with E-state index in [-0.39, 0.29) is 0 Å². The highest BCUT2D eigenvalue weighted by Crippen LogP contribution is 2.44. The minimum Gasteiger partial charge on any atom is -0.309 e. The van der Waals surface area contributed by atoms with Gasteiger partial charge in [0.05, 0.1) is 11.0 Å². The summed E-state index contributed by atoms with van der Waals surface area (Å²) >= 11 is 1.85. The summed E-state index contributed by atoms with van der Waals surface area (Å²) in [6.07, 6.45) is 0. The molecule has 52 heavy (non-hydrogen) atoms. The standard InChI is InChI=1S/C47H28N4S/c1-3-13-29(14-4-1)45-48-46(30-15-5-2-6-16-30)50-47(49-45)40-28-39-36-20-10-12-22-43(36)52-44(39)38-27-33(23-24-34(38)40)51-41-21-11-9-19-35(41)37-25-31-17-7-8-18-32(31)26-42(37)51/h1-28H. The molecule has 0 aliphatic rings. The maximum Gasteiger partial charge on any atom is 0.164 e. The Hall–Kier alpha value is -6.69. The molecule has 0 saturated heterocycles. The van der Waals surface area contributed by atoms with Crippen LogP contribution in [0.3, 0.4) is 0 Å². The Balaban J connectivity index is 1.23. The van der Waals surface area contributed by atoms with E-state index >= 15 is 0 Å². The van der Waals surface area contributed by atoms with E-state index in [9.17, 15) is 0 Å². The van der Waals surface area contributed by atoms with E-state index in [1.807, 2.05) is 47.7 Å². The number of nitrogens with zero attached hydrogens (tertiary/aromatic N) is 4. The van der Waals surface area contributed by atoms with E-state index in [2.05, 4.69) is 138 Å². The van der Waals surface area contributed by atoms with E-state index in [1.165, 1.54) is 58.1 Å². The molecular formula is C47H28N4S. The second-order valence-electron chi connectivity index (χ2n) is 13.2. The topological polar surface area (TPSA) is 43.6 Å². The van der Waals surface area contributed by atoms with E-state index in [0.717, 1.165) is 27.8 Å². The lowest BCUT2D eigenvalue weighted by molar-refractivity contribution is 1.08. The molecule has 0 saturated carbocycles. The van der Waals surface area contributed by atoms with Gasteiger partial charge in [-0.05, 0) is 58.6 Å². The largest absolute Gasteiger partial charge is 0.309 e. The fourth-order valence-corrected chi connectivity index (χ4v) is 8.98. The number of hydrogen-bond acceptors (Lipinski definition) is 4. The zero-order chi connectivity index (χ0) is 34.2. The van der Waals surface area contributed by atoms with Crippen molar-refractivity contribution in [3.63, 3.8) is 0 Å². The van der Waals surface area contributed by atoms with Gasteiger partial charge in [0.2, 0.25) is 0 Å². The summed E-state index contributed by atoms with van der Waals surface area (Å²) in [7, 11) is 0. The smallest absolute Gasteiger partial charge is 0.164 e. The lowest BCUT2D eigenvalue weighted by atomic mass is 9.99. The Labute approximate surface area is 302 Å². The van der Waals surface area contributed by atoms with Gasteiger partial charge in [-0.3, -0.25) is 0 Å². The lowest BCUT2D eigenvalue weighted by Crippen LogP contribution is -2.01. The first-order valence-electron chi connectivity index (χ1n) is 17.4. The molecule has 4 nitrogen and oxygen atoms in total. The fourth-order valence-electron chi connectivity index (χ4n) is 7.77. The number of para-hydroxylation sites is 1. The zero-order valence-corrected chi connectivity index (χ0v) is 28.7. The number of rotatable bonds is 4. The molecule has 0 aliphatic heterocycles. The fraction of sp³-hybridized carbons (Fsp3) is 0. The molecule has 0 radical (unpaired) electrons. The van der Waals surface area contributed by atoms with Gasteiger partial charge in [0.25, 0.3) is 0 Å². The van der Waals surface area contributed by atoms with E-state index in [4.69, 9.17) is 15.0 Å². The van der Waals surface area contributed by atoms with E-state index < -0.39 is 0 Å². The summed E-state index contributed by atoms with van der Waals surface area (Å²) in [5.41, 5.74) is 6.40. The van der Waals surface area contributed by atoms with Gasteiger partial charge in [0, 0.05) is 58.7 Å². The average molecular weight is 681 g/mol. The van der Waals surface area contributed by atoms with Gasteiger partial charge in [-0.1, -0.05) is 127 Å². The van der Waals surface area contributed by atoms with Gasteiger partial charge in [-0.15, -0.1) is 11.3 Å². The quantitative estimate of drug-likeness (QED) is 0.186. The zero-order valence-electron chi connectivity index (χ0n) is 27.9. The molecule has 11 rings (SSSR count). The second kappa shape index (κ2) is 11.4. The summed E-state index contributed by atoms with van der Waals surface area (Å²) in [6, 6.07) is 60.3. The van der Waals surface area contributed by atoms with Crippen LogP contribution in [0.5, 0.6) is 0 Å². The molecule has 5 heteroatoms. The van der Waals surface area contributed by atoms with Gasteiger partial charge >= 0.3 is 0 Å². The molecule has 0 atom stereocenters. The Bertz CT molecular complexity index is 3120. The van der Waals surface area contributed by atoms with Crippen LogP contribution in [-0.4, -0.2) is 19.5 Å². The van der Waals surface area contributed by atoms with Crippen LogP contribution in [0.2, 0.25) is 0 Å². The molecule has 3 heterocycles. The second-order valence-corrected chi connectivity index (χ2v) is 14.3. The van der Waals surface area contributed by atoms with Crippen LogP contribution in [0.15, 0.2) is 170 Å². The monoisotopic (exact) mass is 680 g/mol. The van der Waals surface area contributed by atoms with Crippen LogP contribution in [-0.2, 0) is 0 Å². The molecule has 3 aromatic heterocycles. The number of fused-ring (bicyclic) bond motifs is 9. The predicted molar refractivity (Wildman–Crippen MR) is 218 cm³/mol. The van der Waals surface area contributed by atoms with Crippen molar-refractivity contribution < 1.29 is 0 Å². The molecular weight excluding hydrogens is 653 g/mol. The van der Waals surface area contributed by atoms with E-state index in [0.29, 0.717) is 17.5 Å². The van der Waals surface area contributed by atoms with Crippen LogP contribution < -0.4 is 0 Å². The number of thiophene rings is 1. The van der Waals surface area contributed by atoms with Crippen molar-refractivity contribution in [2.24, 2.45) is 0 Å². The van der Waals surface area contributed by atoms with Crippen molar-refractivity contribution >= 4 is 74.9 Å². The summed E-state index contributed by atoms with van der Waals surface area (Å²) in [5.74, 6) is 1.97. The van der Waals surface area contributed by atoms with Crippen molar-refractivity contribution in [2.75, 3.05) is 0 Å². The summed E-state index contributed by atoms with van der Waals surface area (Å²) in [5, 5.41) is 9.70. The third-order valence-electron chi connectivity index (χ3n) is 10.2. The minimum absolute atomic E-state index is 0.655. The van der Waals surface area contributed by atoms with Crippen LogP contribution >= 0.6 is 11.3 Å².